The lowest BCUT2D eigenvalue weighted by molar-refractivity contribution is -0.255. The van der Waals surface area contributed by atoms with Gasteiger partial charge >= 0.3 is 0 Å². The number of allylic oxidation sites excluding steroid dienone is 1. The van der Waals surface area contributed by atoms with Gasteiger partial charge in [0.05, 0.1) is 29.4 Å². The third-order valence-corrected chi connectivity index (χ3v) is 7.73. The summed E-state index contributed by atoms with van der Waals surface area (Å²) in [7, 11) is 1.64. The monoisotopic (exact) mass is 493 g/mol. The number of thiazole rings is 1. The van der Waals surface area contributed by atoms with E-state index >= 15 is 0 Å². The molecule has 1 aromatic heterocycles. The number of aromatic nitrogens is 1. The lowest BCUT2D eigenvalue weighted by Gasteiger charge is -2.30. The molecule has 1 aliphatic heterocycles. The van der Waals surface area contributed by atoms with Crippen molar-refractivity contribution in [3.63, 3.8) is 0 Å². The molecular weight excluding hydrogens is 472 g/mol. The Morgan fingerprint density at radius 3 is 2.53 bits per heavy atom. The summed E-state index contributed by atoms with van der Waals surface area (Å²) in [5.74, 6) is -0.472. The number of fused-ring (bicyclic) bond motifs is 3. The number of rotatable bonds is 4. The van der Waals surface area contributed by atoms with E-state index in [1.54, 1.807) is 29.9 Å². The third kappa shape index (κ3) is 3.69. The van der Waals surface area contributed by atoms with E-state index in [-0.39, 0.29) is 17.2 Å². The van der Waals surface area contributed by atoms with Crippen molar-refractivity contribution in [1.29, 1.82) is 0 Å². The SMILES string of the molecule is COc1ccc([C@H]2C3=C(N=c4s/c(=C/c5ccc(C(=O)[O-])cc5)c(=O)n42)c2ccccc2CC3)cc1. The highest BCUT2D eigenvalue weighted by atomic mass is 32.1. The Kier molecular flexibility index (Phi) is 5.42. The molecular formula is C29H21N2O4S-. The van der Waals surface area contributed by atoms with Crippen molar-refractivity contribution >= 4 is 29.1 Å². The van der Waals surface area contributed by atoms with Gasteiger partial charge in [-0.05, 0) is 58.9 Å². The summed E-state index contributed by atoms with van der Waals surface area (Å²) in [6.45, 7) is 0. The van der Waals surface area contributed by atoms with Gasteiger partial charge in [0.15, 0.2) is 4.80 Å². The fourth-order valence-corrected chi connectivity index (χ4v) is 5.98. The molecule has 0 N–H and O–H groups in total. The van der Waals surface area contributed by atoms with Gasteiger partial charge in [0.2, 0.25) is 0 Å². The standard InChI is InChI=1S/C29H22N2O4S/c1-35-21-13-10-19(11-14-21)26-23-15-12-18-4-2-3-5-22(18)25(23)30-29-31(26)27(32)24(36-29)16-17-6-8-20(9-7-17)28(33)34/h2-11,13-14,16,26H,12,15H2,1H3,(H,33,34)/p-1/b24-16+/t26-/m0/s1. The summed E-state index contributed by atoms with van der Waals surface area (Å²) >= 11 is 1.34. The van der Waals surface area contributed by atoms with Gasteiger partial charge in [-0.1, -0.05) is 72.0 Å². The molecule has 0 radical (unpaired) electrons. The molecule has 7 heteroatoms. The molecule has 6 rings (SSSR count). The van der Waals surface area contributed by atoms with Crippen LogP contribution in [0, 0.1) is 0 Å². The molecule has 4 aromatic rings. The maximum absolute atomic E-state index is 13.8. The van der Waals surface area contributed by atoms with Crippen LogP contribution < -0.4 is 24.7 Å². The Hall–Kier alpha value is -4.23. The van der Waals surface area contributed by atoms with Crippen LogP contribution in [0.4, 0.5) is 0 Å². The van der Waals surface area contributed by atoms with E-state index < -0.39 is 5.97 Å². The summed E-state index contributed by atoms with van der Waals surface area (Å²) < 4.78 is 7.69. The number of aromatic carboxylic acids is 1. The minimum Gasteiger partial charge on any atom is -0.545 e. The molecule has 1 atom stereocenters. The van der Waals surface area contributed by atoms with E-state index in [1.807, 2.05) is 36.4 Å². The number of benzene rings is 3. The van der Waals surface area contributed by atoms with Crippen molar-refractivity contribution in [2.45, 2.75) is 18.9 Å². The first-order valence-electron chi connectivity index (χ1n) is 11.6. The Morgan fingerprint density at radius 2 is 1.81 bits per heavy atom. The van der Waals surface area contributed by atoms with Crippen LogP contribution in [0.2, 0.25) is 0 Å². The first-order valence-corrected chi connectivity index (χ1v) is 12.4. The second kappa shape index (κ2) is 8.77. The van der Waals surface area contributed by atoms with Gasteiger partial charge in [0, 0.05) is 5.56 Å². The Morgan fingerprint density at radius 1 is 1.06 bits per heavy atom. The number of carbonyl (C=O) groups is 1. The van der Waals surface area contributed by atoms with Crippen LogP contribution in [-0.4, -0.2) is 17.6 Å². The molecule has 1 aliphatic carbocycles. The number of hydrogen-bond donors (Lipinski definition) is 0. The Bertz CT molecular complexity index is 1710. The fraction of sp³-hybridized carbons (Fsp3) is 0.138. The highest BCUT2D eigenvalue weighted by Crippen LogP contribution is 2.41. The number of aryl methyl sites for hydroxylation is 1. The van der Waals surface area contributed by atoms with Crippen molar-refractivity contribution in [1.82, 2.24) is 4.57 Å². The molecule has 178 valence electrons. The van der Waals surface area contributed by atoms with Crippen LogP contribution in [0.25, 0.3) is 11.8 Å². The minimum atomic E-state index is -1.23. The van der Waals surface area contributed by atoms with Crippen LogP contribution >= 0.6 is 11.3 Å². The van der Waals surface area contributed by atoms with Crippen LogP contribution in [0.3, 0.4) is 0 Å². The summed E-state index contributed by atoms with van der Waals surface area (Å²) in [4.78, 5) is 30.5. The highest BCUT2D eigenvalue weighted by Gasteiger charge is 2.32. The third-order valence-electron chi connectivity index (χ3n) is 6.75. The summed E-state index contributed by atoms with van der Waals surface area (Å²) in [6, 6.07) is 22.2. The molecule has 36 heavy (non-hydrogen) atoms. The molecule has 0 amide bonds. The van der Waals surface area contributed by atoms with Gasteiger partial charge < -0.3 is 14.6 Å². The average Bonchev–Trinajstić information content (AvgIpc) is 3.22. The maximum Gasteiger partial charge on any atom is 0.271 e. The van der Waals surface area contributed by atoms with Gasteiger partial charge in [0.25, 0.3) is 5.56 Å². The first-order chi connectivity index (χ1) is 17.5. The lowest BCUT2D eigenvalue weighted by Crippen LogP contribution is -2.38. The van der Waals surface area contributed by atoms with Crippen LogP contribution in [0.5, 0.6) is 5.75 Å². The second-order valence-electron chi connectivity index (χ2n) is 8.80. The van der Waals surface area contributed by atoms with Crippen LogP contribution in [-0.2, 0) is 6.42 Å². The smallest absolute Gasteiger partial charge is 0.271 e. The number of ether oxygens (including phenoxy) is 1. The maximum atomic E-state index is 13.8. The predicted molar refractivity (Wildman–Crippen MR) is 137 cm³/mol. The van der Waals surface area contributed by atoms with Gasteiger partial charge in [0.1, 0.15) is 5.75 Å². The Balaban J connectivity index is 1.56. The zero-order valence-corrected chi connectivity index (χ0v) is 20.2. The lowest BCUT2D eigenvalue weighted by atomic mass is 9.83. The van der Waals surface area contributed by atoms with E-state index in [1.165, 1.54) is 29.0 Å². The molecule has 3 aromatic carbocycles. The number of carboxylic acids is 1. The van der Waals surface area contributed by atoms with Crippen LogP contribution in [0.15, 0.2) is 88.2 Å². The van der Waals surface area contributed by atoms with E-state index in [0.717, 1.165) is 46.6 Å². The molecule has 0 bridgehead atoms. The molecule has 0 fully saturated rings. The zero-order valence-electron chi connectivity index (χ0n) is 19.4. The van der Waals surface area contributed by atoms with E-state index in [4.69, 9.17) is 9.73 Å². The summed E-state index contributed by atoms with van der Waals surface area (Å²) in [5, 5.41) is 11.1. The second-order valence-corrected chi connectivity index (χ2v) is 9.81. The van der Waals surface area contributed by atoms with Crippen molar-refractivity contribution in [2.75, 3.05) is 7.11 Å². The predicted octanol–water partition coefficient (Wildman–Crippen LogP) is 2.69. The highest BCUT2D eigenvalue weighted by molar-refractivity contribution is 7.07. The van der Waals surface area contributed by atoms with E-state index in [2.05, 4.69) is 12.1 Å². The number of methoxy groups -OCH3 is 1. The number of carbonyl (C=O) groups excluding carboxylic acids is 1. The van der Waals surface area contributed by atoms with E-state index in [0.29, 0.717) is 9.33 Å². The molecule has 2 aliphatic rings. The largest absolute Gasteiger partial charge is 0.545 e. The number of carboxylic acid groups (broad SMARTS) is 1. The minimum absolute atomic E-state index is 0.0967. The molecule has 6 nitrogen and oxygen atoms in total. The topological polar surface area (TPSA) is 83.7 Å². The molecule has 0 saturated carbocycles. The fourth-order valence-electron chi connectivity index (χ4n) is 4.98. The molecule has 0 unspecified atom stereocenters. The Labute approximate surface area is 210 Å². The van der Waals surface area contributed by atoms with Crippen LogP contribution in [0.1, 0.15) is 45.1 Å². The van der Waals surface area contributed by atoms with E-state index in [9.17, 15) is 14.7 Å². The quantitative estimate of drug-likeness (QED) is 0.438. The molecule has 0 spiro atoms. The first kappa shape index (κ1) is 22.2. The van der Waals surface area contributed by atoms with Gasteiger partial charge in [-0.15, -0.1) is 0 Å². The molecule has 0 saturated heterocycles. The van der Waals surface area contributed by atoms with Crippen molar-refractivity contribution in [3.8, 4) is 5.75 Å². The number of hydrogen-bond acceptors (Lipinski definition) is 6. The zero-order chi connectivity index (χ0) is 24.8. The van der Waals surface area contributed by atoms with Crippen molar-refractivity contribution in [2.24, 2.45) is 4.99 Å². The summed E-state index contributed by atoms with van der Waals surface area (Å²) in [6.07, 6.45) is 3.50. The number of nitrogens with zero attached hydrogens (tertiary/aromatic N) is 2. The normalized spacial score (nSPS) is 16.6. The van der Waals surface area contributed by atoms with Crippen molar-refractivity contribution in [3.05, 3.63) is 126 Å². The van der Waals surface area contributed by atoms with Gasteiger partial charge in [-0.25, -0.2) is 4.99 Å². The van der Waals surface area contributed by atoms with Crippen molar-refractivity contribution < 1.29 is 14.6 Å². The molecule has 2 heterocycles. The van der Waals surface area contributed by atoms with Gasteiger partial charge in [-0.2, -0.15) is 0 Å². The van der Waals surface area contributed by atoms with Gasteiger partial charge in [-0.3, -0.25) is 9.36 Å². The average molecular weight is 494 g/mol. The summed E-state index contributed by atoms with van der Waals surface area (Å²) in [5.41, 5.74) is 6.19.